The van der Waals surface area contributed by atoms with Crippen molar-refractivity contribution in [1.82, 2.24) is 14.6 Å². The van der Waals surface area contributed by atoms with Crippen LogP contribution in [0.15, 0.2) is 54.6 Å². The molecule has 0 aliphatic carbocycles. The van der Waals surface area contributed by atoms with Gasteiger partial charge in [-0.05, 0) is 84.6 Å². The Kier molecular flexibility index (Phi) is 9.08. The summed E-state index contributed by atoms with van der Waals surface area (Å²) in [4.78, 5) is 19.8. The Morgan fingerprint density at radius 1 is 1.10 bits per heavy atom. The Morgan fingerprint density at radius 3 is 2.54 bits per heavy atom. The number of carbonyl (C=O) groups is 1. The van der Waals surface area contributed by atoms with Gasteiger partial charge in [-0.3, -0.25) is 0 Å². The number of piperidine rings is 1. The molecule has 2 aromatic heterocycles. The van der Waals surface area contributed by atoms with Crippen LogP contribution in [-0.2, 0) is 14.3 Å². The third-order valence-electron chi connectivity index (χ3n) is 9.12. The van der Waals surface area contributed by atoms with Crippen molar-refractivity contribution in [1.29, 1.82) is 0 Å². The zero-order valence-corrected chi connectivity index (χ0v) is 28.8. The number of fused-ring (bicyclic) bond motifs is 7. The van der Waals surface area contributed by atoms with Gasteiger partial charge in [0.25, 0.3) is 0 Å². The van der Waals surface area contributed by atoms with Crippen molar-refractivity contribution in [3.05, 3.63) is 77.3 Å². The standard InChI is InChI=1S/C38H45FN4O5/c1-23-14-15-29-32(33(23)39)27-13-10-12-26(21-27)28-22-30-40-25(3)31(34(36(44)45)48-37(4,5)6)35(43(30)41-28)42-18-16-38(7,17-19-42)46-20-9-8-11-24(2)47-29/h8-10,12-15,21-22,24,34H,11,16-20H2,1-7H3,(H,44,45). The molecule has 9 nitrogen and oxygen atoms in total. The summed E-state index contributed by atoms with van der Waals surface area (Å²) in [5.41, 5.74) is 3.49. The first kappa shape index (κ1) is 33.6. The fourth-order valence-electron chi connectivity index (χ4n) is 6.52. The van der Waals surface area contributed by atoms with Gasteiger partial charge >= 0.3 is 5.97 Å². The number of aliphatic carboxylic acids is 1. The number of ether oxygens (including phenoxy) is 3. The lowest BCUT2D eigenvalue weighted by atomic mass is 9.92. The van der Waals surface area contributed by atoms with E-state index in [1.54, 1.807) is 17.5 Å². The number of aromatic nitrogens is 3. The van der Waals surface area contributed by atoms with Gasteiger partial charge in [-0.25, -0.2) is 14.2 Å². The Labute approximate surface area is 281 Å². The number of hydrogen-bond donors (Lipinski definition) is 1. The minimum atomic E-state index is -1.27. The van der Waals surface area contributed by atoms with Crippen LogP contribution >= 0.6 is 0 Å². The molecule has 0 amide bonds. The third-order valence-corrected chi connectivity index (χ3v) is 9.12. The van der Waals surface area contributed by atoms with Crippen molar-refractivity contribution in [3.8, 4) is 28.1 Å². The summed E-state index contributed by atoms with van der Waals surface area (Å²) in [7, 11) is 0. The topological polar surface area (TPSA) is 98.4 Å². The molecule has 10 heteroatoms. The van der Waals surface area contributed by atoms with Crippen LogP contribution < -0.4 is 9.64 Å². The van der Waals surface area contributed by atoms with Crippen LogP contribution in [0.3, 0.4) is 0 Å². The number of hydrogen-bond acceptors (Lipinski definition) is 7. The van der Waals surface area contributed by atoms with Crippen molar-refractivity contribution >= 4 is 17.4 Å². The number of nitrogens with zero attached hydrogens (tertiary/aromatic N) is 4. The first-order valence-corrected chi connectivity index (χ1v) is 16.6. The van der Waals surface area contributed by atoms with Crippen LogP contribution in [0, 0.1) is 19.7 Å². The highest BCUT2D eigenvalue weighted by atomic mass is 19.1. The monoisotopic (exact) mass is 656 g/mol. The van der Waals surface area contributed by atoms with Crippen LogP contribution in [0.4, 0.5) is 10.2 Å². The van der Waals surface area contributed by atoms with Gasteiger partial charge in [-0.2, -0.15) is 9.61 Å². The molecule has 7 rings (SSSR count). The van der Waals surface area contributed by atoms with Gasteiger partial charge in [-0.1, -0.05) is 36.4 Å². The zero-order valence-electron chi connectivity index (χ0n) is 28.8. The minimum absolute atomic E-state index is 0.188. The molecule has 5 heterocycles. The number of benzene rings is 2. The predicted molar refractivity (Wildman–Crippen MR) is 184 cm³/mol. The second kappa shape index (κ2) is 13.0. The zero-order chi connectivity index (χ0) is 34.4. The highest BCUT2D eigenvalue weighted by Gasteiger charge is 2.38. The molecule has 0 saturated carbocycles. The van der Waals surface area contributed by atoms with E-state index in [4.69, 9.17) is 24.3 Å². The van der Waals surface area contributed by atoms with E-state index in [-0.39, 0.29) is 17.5 Å². The van der Waals surface area contributed by atoms with Gasteiger partial charge in [0.05, 0.1) is 40.7 Å². The lowest BCUT2D eigenvalue weighted by Gasteiger charge is -2.41. The lowest BCUT2D eigenvalue weighted by Crippen LogP contribution is -2.45. The number of rotatable bonds is 3. The Morgan fingerprint density at radius 2 is 1.83 bits per heavy atom. The van der Waals surface area contributed by atoms with Crippen LogP contribution in [0.1, 0.15) is 76.8 Å². The van der Waals surface area contributed by atoms with Gasteiger partial charge in [0, 0.05) is 36.8 Å². The van der Waals surface area contributed by atoms with Gasteiger partial charge < -0.3 is 24.2 Å². The van der Waals surface area contributed by atoms with Crippen molar-refractivity contribution in [2.24, 2.45) is 0 Å². The fraction of sp³-hybridized carbons (Fsp3) is 0.447. The molecule has 48 heavy (non-hydrogen) atoms. The molecule has 4 aromatic rings. The van der Waals surface area contributed by atoms with E-state index in [9.17, 15) is 9.90 Å². The van der Waals surface area contributed by atoms with E-state index in [2.05, 4.69) is 11.8 Å². The third kappa shape index (κ3) is 6.82. The maximum atomic E-state index is 15.9. The second-order valence-electron chi connectivity index (χ2n) is 14.2. The smallest absolute Gasteiger partial charge is 0.337 e. The van der Waals surface area contributed by atoms with Crippen molar-refractivity contribution in [2.45, 2.75) is 91.1 Å². The molecule has 0 radical (unpaired) electrons. The van der Waals surface area contributed by atoms with E-state index in [1.807, 2.05) is 83.2 Å². The lowest BCUT2D eigenvalue weighted by molar-refractivity contribution is -0.160. The van der Waals surface area contributed by atoms with Gasteiger partial charge in [0.15, 0.2) is 11.8 Å². The highest BCUT2D eigenvalue weighted by molar-refractivity contribution is 5.80. The van der Waals surface area contributed by atoms with Crippen molar-refractivity contribution in [3.63, 3.8) is 0 Å². The summed E-state index contributed by atoms with van der Waals surface area (Å²) in [6, 6.07) is 13.0. The predicted octanol–water partition coefficient (Wildman–Crippen LogP) is 7.86. The molecule has 6 bridgehead atoms. The summed E-state index contributed by atoms with van der Waals surface area (Å²) < 4.78 is 36.5. The number of carboxylic acid groups (broad SMARTS) is 1. The number of carboxylic acids is 1. The van der Waals surface area contributed by atoms with Crippen LogP contribution in [-0.4, -0.2) is 62.7 Å². The van der Waals surface area contributed by atoms with Crippen LogP contribution in [0.2, 0.25) is 0 Å². The van der Waals surface area contributed by atoms with Crippen LogP contribution in [0.5, 0.6) is 5.75 Å². The molecule has 3 aliphatic heterocycles. The maximum absolute atomic E-state index is 15.9. The molecule has 1 saturated heterocycles. The molecule has 2 unspecified atom stereocenters. The van der Waals surface area contributed by atoms with Crippen LogP contribution in [0.25, 0.3) is 28.0 Å². The van der Waals surface area contributed by atoms with E-state index >= 15 is 4.39 Å². The van der Waals surface area contributed by atoms with Gasteiger partial charge in [-0.15, -0.1) is 0 Å². The summed E-state index contributed by atoms with van der Waals surface area (Å²) in [6.07, 6.45) is 4.71. The highest BCUT2D eigenvalue weighted by Crippen LogP contribution is 2.40. The Balaban J connectivity index is 1.56. The number of anilines is 1. The summed E-state index contributed by atoms with van der Waals surface area (Å²) >= 11 is 0. The molecule has 1 N–H and O–H groups in total. The average Bonchev–Trinajstić information content (AvgIpc) is 3.44. The molecule has 0 spiro atoms. The molecule has 2 atom stereocenters. The second-order valence-corrected chi connectivity index (χ2v) is 14.2. The number of halogens is 1. The Bertz CT molecular complexity index is 1870. The van der Waals surface area contributed by atoms with Gasteiger partial charge in [0.1, 0.15) is 17.4 Å². The first-order chi connectivity index (χ1) is 22.7. The normalized spacial score (nSPS) is 20.8. The maximum Gasteiger partial charge on any atom is 0.337 e. The van der Waals surface area contributed by atoms with Crippen molar-refractivity contribution in [2.75, 3.05) is 24.6 Å². The fourth-order valence-corrected chi connectivity index (χ4v) is 6.52. The molecule has 1 fully saturated rings. The molecular weight excluding hydrogens is 611 g/mol. The van der Waals surface area contributed by atoms with E-state index in [0.717, 1.165) is 18.4 Å². The summed E-state index contributed by atoms with van der Waals surface area (Å²) in [5.74, 6) is -0.321. The van der Waals surface area contributed by atoms with Gasteiger partial charge in [0.2, 0.25) is 0 Å². The van der Waals surface area contributed by atoms with Crippen molar-refractivity contribution < 1.29 is 28.5 Å². The molecule has 2 aromatic carbocycles. The SMILES string of the molecule is Cc1ccc2c(c1F)-c1cccc(c1)-c1cc3nc(C)c(C(OC(C)(C)C)C(=O)O)c(n3n1)N1CCC(C)(CC1)OCC=CCC(C)O2. The first-order valence-electron chi connectivity index (χ1n) is 16.6. The Hall–Kier alpha value is -4.28. The summed E-state index contributed by atoms with van der Waals surface area (Å²) in [6.45, 7) is 14.9. The van der Waals surface area contributed by atoms with E-state index in [0.29, 0.717) is 77.0 Å². The molecular formula is C38H45FN4O5. The average molecular weight is 657 g/mol. The summed E-state index contributed by atoms with van der Waals surface area (Å²) in [5, 5.41) is 15.5. The largest absolute Gasteiger partial charge is 0.490 e. The van der Waals surface area contributed by atoms with E-state index in [1.165, 1.54) is 0 Å². The quantitative estimate of drug-likeness (QED) is 0.223. The van der Waals surface area contributed by atoms with E-state index < -0.39 is 17.7 Å². The molecule has 3 aliphatic rings. The number of aryl methyl sites for hydroxylation is 2. The minimum Gasteiger partial charge on any atom is -0.490 e. The molecule has 254 valence electrons.